The van der Waals surface area contributed by atoms with Crippen LogP contribution in [0.15, 0.2) is 201 Å². The number of hydrogen-bond donors (Lipinski definition) is 0. The smallest absolute Gasteiger partial charge is 0.159 e. The Morgan fingerprint density at radius 3 is 1.70 bits per heavy atom. The predicted octanol–water partition coefficient (Wildman–Crippen LogP) is 13.5. The van der Waals surface area contributed by atoms with Gasteiger partial charge in [0.1, 0.15) is 0 Å². The van der Waals surface area contributed by atoms with Crippen molar-refractivity contribution in [2.45, 2.75) is 0 Å². The number of rotatable bonds is 6. The molecule has 11 aromatic rings. The van der Waals surface area contributed by atoms with Crippen molar-refractivity contribution >= 4 is 71.3 Å². The van der Waals surface area contributed by atoms with Crippen LogP contribution in [0.2, 0.25) is 0 Å². The fourth-order valence-corrected chi connectivity index (χ4v) is 8.24. The fraction of sp³-hybridized carbons (Fsp3) is 0. The first-order valence-corrected chi connectivity index (χ1v) is 19.1. The molecule has 0 N–H and O–H groups in total. The van der Waals surface area contributed by atoms with Crippen LogP contribution in [-0.4, -0.2) is 19.9 Å². The van der Waals surface area contributed by atoms with E-state index in [1.807, 2.05) is 36.9 Å². The van der Waals surface area contributed by atoms with Crippen LogP contribution in [0.25, 0.3) is 87.6 Å². The van der Waals surface area contributed by atoms with Crippen LogP contribution < -0.4 is 4.90 Å². The van der Waals surface area contributed by atoms with Crippen molar-refractivity contribution in [1.29, 1.82) is 0 Å². The molecule has 11 rings (SSSR count). The number of hydrogen-bond acceptors (Lipinski definition) is 5. The molecule has 4 heterocycles. The first-order chi connectivity index (χ1) is 28.2. The van der Waals surface area contributed by atoms with Gasteiger partial charge in [-0.05, 0) is 133 Å². The van der Waals surface area contributed by atoms with Crippen molar-refractivity contribution in [3.63, 3.8) is 0 Å². The Labute approximate surface area is 329 Å². The number of pyridine rings is 4. The maximum absolute atomic E-state index is 4.53. The molecule has 0 radical (unpaired) electrons. The van der Waals surface area contributed by atoms with Gasteiger partial charge in [-0.15, -0.1) is 0 Å². The van der Waals surface area contributed by atoms with E-state index in [-0.39, 0.29) is 0 Å². The van der Waals surface area contributed by atoms with Gasteiger partial charge in [0.25, 0.3) is 0 Å². The van der Waals surface area contributed by atoms with Crippen LogP contribution in [0.5, 0.6) is 0 Å². The van der Waals surface area contributed by atoms with E-state index in [4.69, 9.17) is 0 Å². The topological polar surface area (TPSA) is 54.8 Å². The van der Waals surface area contributed by atoms with Gasteiger partial charge in [-0.2, -0.15) is 0 Å². The average Bonchev–Trinajstić information content (AvgIpc) is 3.29. The van der Waals surface area contributed by atoms with Gasteiger partial charge in [-0.3, -0.25) is 9.97 Å². The Bertz CT molecular complexity index is 3170. The van der Waals surface area contributed by atoms with E-state index >= 15 is 0 Å². The second kappa shape index (κ2) is 13.5. The summed E-state index contributed by atoms with van der Waals surface area (Å²) in [5.41, 5.74) is 11.6. The summed E-state index contributed by atoms with van der Waals surface area (Å²) in [5.74, 6) is 0. The molecule has 0 bridgehead atoms. The van der Waals surface area contributed by atoms with E-state index in [9.17, 15) is 0 Å². The third kappa shape index (κ3) is 5.81. The van der Waals surface area contributed by atoms with E-state index in [0.29, 0.717) is 0 Å². The lowest BCUT2D eigenvalue weighted by Gasteiger charge is -2.26. The number of fused-ring (bicyclic) bond motifs is 6. The Kier molecular flexibility index (Phi) is 7.74. The molecule has 0 amide bonds. The quantitative estimate of drug-likeness (QED) is 0.160. The lowest BCUT2D eigenvalue weighted by molar-refractivity contribution is 1.28. The molecule has 0 saturated carbocycles. The Morgan fingerprint density at radius 1 is 0.333 bits per heavy atom. The average molecular weight is 728 g/mol. The van der Waals surface area contributed by atoms with Gasteiger partial charge in [-0.1, -0.05) is 97.1 Å². The molecular formula is C52H33N5. The molecular weight excluding hydrogens is 695 g/mol. The molecule has 266 valence electrons. The third-order valence-electron chi connectivity index (χ3n) is 11.1. The van der Waals surface area contributed by atoms with Crippen molar-refractivity contribution < 1.29 is 0 Å². The fourth-order valence-electron chi connectivity index (χ4n) is 8.24. The van der Waals surface area contributed by atoms with E-state index < -0.39 is 0 Å². The predicted molar refractivity (Wildman–Crippen MR) is 236 cm³/mol. The van der Waals surface area contributed by atoms with Gasteiger partial charge >= 0.3 is 0 Å². The van der Waals surface area contributed by atoms with E-state index in [1.165, 1.54) is 43.4 Å². The Balaban J connectivity index is 1.00. The molecule has 0 saturated heterocycles. The van der Waals surface area contributed by atoms with Crippen LogP contribution in [-0.2, 0) is 0 Å². The van der Waals surface area contributed by atoms with Crippen LogP contribution in [0.3, 0.4) is 0 Å². The zero-order valence-corrected chi connectivity index (χ0v) is 30.8. The van der Waals surface area contributed by atoms with Gasteiger partial charge < -0.3 is 4.90 Å². The SMILES string of the molecule is c1ccc2cc(-c3ccc4c(ccc5cc(N(c6ccc(-c7cncc8ncccc78)cc6)c6ccc(-c7ccnc8ncccc78)cc6)ccc54)c3)ccc2c1. The minimum absolute atomic E-state index is 0.742. The van der Waals surface area contributed by atoms with Crippen LogP contribution in [0.4, 0.5) is 17.1 Å². The van der Waals surface area contributed by atoms with Crippen molar-refractivity contribution in [2.24, 2.45) is 0 Å². The summed E-state index contributed by atoms with van der Waals surface area (Å²) < 4.78 is 0. The maximum Gasteiger partial charge on any atom is 0.159 e. The minimum Gasteiger partial charge on any atom is -0.310 e. The van der Waals surface area contributed by atoms with E-state index in [1.54, 1.807) is 6.20 Å². The summed E-state index contributed by atoms with van der Waals surface area (Å²) in [7, 11) is 0. The zero-order chi connectivity index (χ0) is 37.7. The maximum atomic E-state index is 4.53. The number of aromatic nitrogens is 4. The van der Waals surface area contributed by atoms with Crippen LogP contribution in [0.1, 0.15) is 0 Å². The summed E-state index contributed by atoms with van der Waals surface area (Å²) in [5, 5.41) is 9.48. The Morgan fingerprint density at radius 2 is 0.912 bits per heavy atom. The van der Waals surface area contributed by atoms with Gasteiger partial charge in [0, 0.05) is 58.2 Å². The van der Waals surface area contributed by atoms with Gasteiger partial charge in [0.2, 0.25) is 0 Å². The summed E-state index contributed by atoms with van der Waals surface area (Å²) in [6.45, 7) is 0. The Hall–Kier alpha value is -7.76. The minimum atomic E-state index is 0.742. The van der Waals surface area contributed by atoms with E-state index in [0.717, 1.165) is 61.3 Å². The summed E-state index contributed by atoms with van der Waals surface area (Å²) in [6, 6.07) is 61.1. The highest BCUT2D eigenvalue weighted by Crippen LogP contribution is 2.40. The van der Waals surface area contributed by atoms with Crippen molar-refractivity contribution in [1.82, 2.24) is 19.9 Å². The third-order valence-corrected chi connectivity index (χ3v) is 11.1. The number of benzene rings is 7. The standard InChI is InChI=1S/C52H33N5/c1-2-6-37-29-38(10-9-34(37)5-1)39-17-23-45-40(30-39)11-12-41-31-44(22-24-46(41)45)57(42-18-13-35(14-19-42)47-25-28-56-52-49(47)8-4-27-55-52)43-20-15-36(16-21-43)50-32-53-33-51-48(50)7-3-26-54-51/h1-33H. The van der Waals surface area contributed by atoms with Crippen molar-refractivity contribution in [2.75, 3.05) is 4.90 Å². The highest BCUT2D eigenvalue weighted by molar-refractivity contribution is 6.10. The molecule has 4 aromatic heterocycles. The van der Waals surface area contributed by atoms with Crippen LogP contribution in [0, 0.1) is 0 Å². The molecule has 0 aliphatic carbocycles. The van der Waals surface area contributed by atoms with Crippen LogP contribution >= 0.6 is 0 Å². The summed E-state index contributed by atoms with van der Waals surface area (Å²) in [4.78, 5) is 20.3. The first-order valence-electron chi connectivity index (χ1n) is 19.1. The molecule has 57 heavy (non-hydrogen) atoms. The zero-order valence-electron chi connectivity index (χ0n) is 30.8. The van der Waals surface area contributed by atoms with E-state index in [2.05, 4.69) is 183 Å². The molecule has 0 spiro atoms. The molecule has 0 aliphatic heterocycles. The second-order valence-corrected chi connectivity index (χ2v) is 14.4. The normalized spacial score (nSPS) is 11.5. The molecule has 7 aromatic carbocycles. The lowest BCUT2D eigenvalue weighted by Crippen LogP contribution is -2.10. The molecule has 5 nitrogen and oxygen atoms in total. The monoisotopic (exact) mass is 727 g/mol. The van der Waals surface area contributed by atoms with Gasteiger partial charge in [0.15, 0.2) is 5.65 Å². The molecule has 0 atom stereocenters. The van der Waals surface area contributed by atoms with Gasteiger partial charge in [-0.25, -0.2) is 9.97 Å². The largest absolute Gasteiger partial charge is 0.310 e. The van der Waals surface area contributed by atoms with Crippen molar-refractivity contribution in [3.8, 4) is 33.4 Å². The first kappa shape index (κ1) is 32.7. The number of nitrogens with zero attached hydrogens (tertiary/aromatic N) is 5. The second-order valence-electron chi connectivity index (χ2n) is 14.4. The summed E-state index contributed by atoms with van der Waals surface area (Å²) >= 11 is 0. The van der Waals surface area contributed by atoms with Gasteiger partial charge in [0.05, 0.1) is 11.7 Å². The van der Waals surface area contributed by atoms with Crippen molar-refractivity contribution in [3.05, 3.63) is 201 Å². The highest BCUT2D eigenvalue weighted by atomic mass is 15.1. The summed E-state index contributed by atoms with van der Waals surface area (Å²) in [6.07, 6.45) is 9.17. The molecule has 0 unspecified atom stereocenters. The molecule has 0 fully saturated rings. The lowest BCUT2D eigenvalue weighted by atomic mass is 9.96. The molecule has 5 heteroatoms. The highest BCUT2D eigenvalue weighted by Gasteiger charge is 2.16. The molecule has 0 aliphatic rings. The number of anilines is 3.